The Bertz CT molecular complexity index is 448. The molecule has 0 amide bonds. The second-order valence-corrected chi connectivity index (χ2v) is 6.14. The standard InChI is InChI=1S/C15H26ClN3O2/c1-4-5-13-8-18-11-19(13)10-15(17,9-16)14(20)21-7-6-12(2)3/h8,11-12H,4-7,9-10,17H2,1-3H3. The van der Waals surface area contributed by atoms with Gasteiger partial charge in [0.25, 0.3) is 0 Å². The van der Waals surface area contributed by atoms with Gasteiger partial charge in [0, 0.05) is 11.9 Å². The average Bonchev–Trinajstić information content (AvgIpc) is 2.85. The van der Waals surface area contributed by atoms with E-state index in [0.29, 0.717) is 12.5 Å². The van der Waals surface area contributed by atoms with Crippen LogP contribution in [0.25, 0.3) is 0 Å². The second kappa shape index (κ2) is 8.39. The van der Waals surface area contributed by atoms with E-state index in [1.54, 1.807) is 12.5 Å². The first-order valence-electron chi connectivity index (χ1n) is 7.44. The predicted molar refractivity (Wildman–Crippen MR) is 84.3 cm³/mol. The van der Waals surface area contributed by atoms with Gasteiger partial charge in [0.15, 0.2) is 0 Å². The Morgan fingerprint density at radius 2 is 2.29 bits per heavy atom. The highest BCUT2D eigenvalue weighted by Crippen LogP contribution is 2.14. The Labute approximate surface area is 131 Å². The van der Waals surface area contributed by atoms with Crippen LogP contribution in [0.3, 0.4) is 0 Å². The number of carbonyl (C=O) groups excluding carboxylic acids is 1. The molecule has 0 bridgehead atoms. The molecule has 0 aliphatic carbocycles. The Morgan fingerprint density at radius 3 is 2.86 bits per heavy atom. The number of ether oxygens (including phenoxy) is 1. The number of aryl methyl sites for hydroxylation is 1. The average molecular weight is 316 g/mol. The fourth-order valence-corrected chi connectivity index (χ4v) is 2.14. The van der Waals surface area contributed by atoms with E-state index in [0.717, 1.165) is 25.0 Å². The molecule has 0 saturated heterocycles. The van der Waals surface area contributed by atoms with E-state index in [2.05, 4.69) is 25.8 Å². The van der Waals surface area contributed by atoms with Crippen LogP contribution in [0.4, 0.5) is 0 Å². The highest BCUT2D eigenvalue weighted by Gasteiger charge is 2.36. The molecule has 0 aliphatic heterocycles. The lowest BCUT2D eigenvalue weighted by Gasteiger charge is -2.26. The highest BCUT2D eigenvalue weighted by atomic mass is 35.5. The third-order valence-electron chi connectivity index (χ3n) is 3.33. The van der Waals surface area contributed by atoms with Crippen LogP contribution in [-0.2, 0) is 22.5 Å². The molecular formula is C15H26ClN3O2. The summed E-state index contributed by atoms with van der Waals surface area (Å²) in [4.78, 5) is 16.3. The second-order valence-electron chi connectivity index (χ2n) is 5.87. The summed E-state index contributed by atoms with van der Waals surface area (Å²) in [5.74, 6) is 0.0390. The van der Waals surface area contributed by atoms with E-state index in [-0.39, 0.29) is 12.4 Å². The predicted octanol–water partition coefficient (Wildman–Crippen LogP) is 2.36. The van der Waals surface area contributed by atoms with Crippen LogP contribution in [0, 0.1) is 5.92 Å². The first kappa shape index (κ1) is 18.0. The van der Waals surface area contributed by atoms with Gasteiger partial charge in [-0.05, 0) is 18.8 Å². The first-order chi connectivity index (χ1) is 9.92. The van der Waals surface area contributed by atoms with E-state index in [1.807, 2.05) is 4.57 Å². The summed E-state index contributed by atoms with van der Waals surface area (Å²) >= 11 is 5.93. The number of halogens is 1. The first-order valence-corrected chi connectivity index (χ1v) is 7.97. The number of aromatic nitrogens is 2. The van der Waals surface area contributed by atoms with Crippen molar-refractivity contribution in [2.75, 3.05) is 12.5 Å². The highest BCUT2D eigenvalue weighted by molar-refractivity contribution is 6.20. The Hall–Kier alpha value is -1.07. The largest absolute Gasteiger partial charge is 0.464 e. The van der Waals surface area contributed by atoms with Crippen LogP contribution < -0.4 is 5.73 Å². The van der Waals surface area contributed by atoms with Gasteiger partial charge in [-0.2, -0.15) is 0 Å². The molecule has 0 saturated carbocycles. The maximum atomic E-state index is 12.2. The zero-order chi connectivity index (χ0) is 15.9. The van der Waals surface area contributed by atoms with E-state index >= 15 is 0 Å². The number of esters is 1. The van der Waals surface area contributed by atoms with E-state index in [9.17, 15) is 4.79 Å². The molecule has 0 fully saturated rings. The number of carbonyl (C=O) groups is 1. The van der Waals surface area contributed by atoms with Crippen LogP contribution in [0.2, 0.25) is 0 Å². The van der Waals surface area contributed by atoms with Crippen molar-refractivity contribution < 1.29 is 9.53 Å². The zero-order valence-corrected chi connectivity index (χ0v) is 13.9. The number of nitrogens with zero attached hydrogens (tertiary/aromatic N) is 2. The third-order valence-corrected chi connectivity index (χ3v) is 3.81. The molecule has 120 valence electrons. The maximum Gasteiger partial charge on any atom is 0.329 e. The molecule has 1 heterocycles. The van der Waals surface area contributed by atoms with Crippen molar-refractivity contribution in [1.82, 2.24) is 9.55 Å². The minimum atomic E-state index is -1.22. The number of hydrogen-bond acceptors (Lipinski definition) is 4. The van der Waals surface area contributed by atoms with Gasteiger partial charge in [-0.25, -0.2) is 9.78 Å². The lowest BCUT2D eigenvalue weighted by molar-refractivity contribution is -0.150. The molecule has 1 rings (SSSR count). The van der Waals surface area contributed by atoms with Crippen LogP contribution in [0.1, 0.15) is 39.3 Å². The van der Waals surface area contributed by atoms with Crippen molar-refractivity contribution in [3.05, 3.63) is 18.2 Å². The fraction of sp³-hybridized carbons (Fsp3) is 0.733. The summed E-state index contributed by atoms with van der Waals surface area (Å²) in [5, 5.41) is 0. The van der Waals surface area contributed by atoms with Gasteiger partial charge in [0.05, 0.1) is 25.4 Å². The number of hydrogen-bond donors (Lipinski definition) is 1. The van der Waals surface area contributed by atoms with Crippen LogP contribution >= 0.6 is 11.6 Å². The van der Waals surface area contributed by atoms with Gasteiger partial charge in [0.2, 0.25) is 0 Å². The summed E-state index contributed by atoms with van der Waals surface area (Å²) in [5.41, 5.74) is 5.99. The Morgan fingerprint density at radius 1 is 1.57 bits per heavy atom. The van der Waals surface area contributed by atoms with Gasteiger partial charge in [-0.1, -0.05) is 27.2 Å². The van der Waals surface area contributed by atoms with Crippen molar-refractivity contribution in [2.45, 2.75) is 52.1 Å². The molecule has 1 aromatic heterocycles. The number of alkyl halides is 1. The quantitative estimate of drug-likeness (QED) is 0.561. The van der Waals surface area contributed by atoms with E-state index in [4.69, 9.17) is 22.1 Å². The van der Waals surface area contributed by atoms with Crippen LogP contribution in [0.15, 0.2) is 12.5 Å². The van der Waals surface area contributed by atoms with Crippen molar-refractivity contribution in [3.63, 3.8) is 0 Å². The molecule has 0 spiro atoms. The minimum absolute atomic E-state index is 0.0112. The van der Waals surface area contributed by atoms with Crippen LogP contribution in [-0.4, -0.2) is 33.5 Å². The molecule has 1 atom stereocenters. The van der Waals surface area contributed by atoms with Gasteiger partial charge in [-0.3, -0.25) is 0 Å². The van der Waals surface area contributed by atoms with Crippen LogP contribution in [0.5, 0.6) is 0 Å². The van der Waals surface area contributed by atoms with Crippen molar-refractivity contribution in [1.29, 1.82) is 0 Å². The molecule has 0 aliphatic rings. The van der Waals surface area contributed by atoms with Gasteiger partial charge in [0.1, 0.15) is 5.54 Å². The molecule has 1 unspecified atom stereocenters. The molecule has 21 heavy (non-hydrogen) atoms. The molecule has 2 N–H and O–H groups in total. The summed E-state index contributed by atoms with van der Waals surface area (Å²) in [7, 11) is 0. The van der Waals surface area contributed by atoms with E-state index < -0.39 is 11.5 Å². The summed E-state index contributed by atoms with van der Waals surface area (Å²) in [6, 6.07) is 0. The number of imidazole rings is 1. The molecule has 1 aromatic rings. The minimum Gasteiger partial charge on any atom is -0.464 e. The maximum absolute atomic E-state index is 12.2. The van der Waals surface area contributed by atoms with Crippen molar-refractivity contribution >= 4 is 17.6 Å². The third kappa shape index (κ3) is 5.32. The fourth-order valence-electron chi connectivity index (χ4n) is 1.95. The van der Waals surface area contributed by atoms with Crippen molar-refractivity contribution in [3.8, 4) is 0 Å². The normalized spacial score (nSPS) is 14.2. The van der Waals surface area contributed by atoms with Gasteiger partial charge >= 0.3 is 5.97 Å². The van der Waals surface area contributed by atoms with E-state index in [1.165, 1.54) is 0 Å². The van der Waals surface area contributed by atoms with Crippen molar-refractivity contribution in [2.24, 2.45) is 11.7 Å². The monoisotopic (exact) mass is 315 g/mol. The van der Waals surface area contributed by atoms with Gasteiger partial charge < -0.3 is 15.0 Å². The number of rotatable bonds is 9. The molecule has 5 nitrogen and oxygen atoms in total. The smallest absolute Gasteiger partial charge is 0.329 e. The topological polar surface area (TPSA) is 70.1 Å². The number of nitrogens with two attached hydrogens (primary N) is 1. The SMILES string of the molecule is CCCc1cncn1CC(N)(CCl)C(=O)OCCC(C)C. The molecular weight excluding hydrogens is 290 g/mol. The Balaban J connectivity index is 2.69. The lowest BCUT2D eigenvalue weighted by Crippen LogP contribution is -2.54. The molecule has 0 aromatic carbocycles. The lowest BCUT2D eigenvalue weighted by atomic mass is 10.0. The zero-order valence-electron chi connectivity index (χ0n) is 13.1. The summed E-state index contributed by atoms with van der Waals surface area (Å²) < 4.78 is 7.16. The summed E-state index contributed by atoms with van der Waals surface area (Å²) in [6.07, 6.45) is 6.18. The summed E-state index contributed by atoms with van der Waals surface area (Å²) in [6.45, 7) is 6.90. The molecule has 0 radical (unpaired) electrons. The van der Waals surface area contributed by atoms with Gasteiger partial charge in [-0.15, -0.1) is 11.6 Å². The molecule has 6 heteroatoms. The Kier molecular flexibility index (Phi) is 7.18.